The van der Waals surface area contributed by atoms with E-state index in [1.54, 1.807) is 7.05 Å². The lowest BCUT2D eigenvalue weighted by Crippen LogP contribution is -2.47. The predicted molar refractivity (Wildman–Crippen MR) is 99.6 cm³/mol. The third-order valence-corrected chi connectivity index (χ3v) is 2.86. The third-order valence-electron chi connectivity index (χ3n) is 2.86. The highest BCUT2D eigenvalue weighted by Gasteiger charge is 2.11. The average molecular weight is 401 g/mol. The molecule has 0 unspecified atom stereocenters. The smallest absolute Gasteiger partial charge is 0.191 e. The Bertz CT molecular complexity index is 566. The number of fused-ring (bicyclic) bond motifs is 1. The lowest BCUT2D eigenvalue weighted by Gasteiger charge is -2.23. The van der Waals surface area contributed by atoms with E-state index in [4.69, 9.17) is 4.42 Å². The summed E-state index contributed by atoms with van der Waals surface area (Å²) in [5, 5.41) is 7.78. The molecule has 2 N–H and O–H groups in total. The molecule has 0 atom stereocenters. The molecule has 0 aliphatic rings. The first-order chi connectivity index (χ1) is 9.48. The topological polar surface area (TPSA) is 49.6 Å². The Kier molecular flexibility index (Phi) is 6.51. The molecule has 21 heavy (non-hydrogen) atoms. The van der Waals surface area contributed by atoms with E-state index in [0.717, 1.165) is 35.7 Å². The number of nitrogens with one attached hydrogen (secondary N) is 2. The molecule has 0 saturated heterocycles. The van der Waals surface area contributed by atoms with E-state index in [1.165, 1.54) is 0 Å². The molecule has 0 fully saturated rings. The minimum Gasteiger partial charge on any atom is -0.461 e. The van der Waals surface area contributed by atoms with Crippen LogP contribution in [-0.4, -0.2) is 25.1 Å². The normalized spacial score (nSPS) is 12.1. The molecule has 2 aromatic rings. The summed E-state index contributed by atoms with van der Waals surface area (Å²) in [7, 11) is 1.78. The van der Waals surface area contributed by atoms with Crippen LogP contribution in [0.2, 0.25) is 0 Å². The van der Waals surface area contributed by atoms with Gasteiger partial charge in [0.05, 0.1) is 0 Å². The molecule has 0 aliphatic carbocycles. The van der Waals surface area contributed by atoms with Crippen LogP contribution in [0.3, 0.4) is 0 Å². The Morgan fingerprint density at radius 1 is 1.24 bits per heavy atom. The zero-order chi connectivity index (χ0) is 14.6. The van der Waals surface area contributed by atoms with Crippen LogP contribution in [0.1, 0.15) is 26.5 Å². The van der Waals surface area contributed by atoms with Crippen molar-refractivity contribution in [3.05, 3.63) is 36.1 Å². The van der Waals surface area contributed by atoms with Crippen molar-refractivity contribution in [3.8, 4) is 0 Å². The lowest BCUT2D eigenvalue weighted by molar-refractivity contribution is 0.498. The number of aliphatic imine (C=N–C) groups is 1. The number of rotatable bonds is 3. The Balaban J connectivity index is 0.00000220. The summed E-state index contributed by atoms with van der Waals surface area (Å²) < 4.78 is 5.78. The van der Waals surface area contributed by atoms with Crippen molar-refractivity contribution in [3.63, 3.8) is 0 Å². The molecule has 1 heterocycles. The molecule has 0 bridgehead atoms. The second-order valence-electron chi connectivity index (χ2n) is 5.87. The predicted octanol–water partition coefficient (Wildman–Crippen LogP) is 3.56. The van der Waals surface area contributed by atoms with Crippen LogP contribution >= 0.6 is 24.0 Å². The van der Waals surface area contributed by atoms with Gasteiger partial charge in [-0.15, -0.1) is 24.0 Å². The summed E-state index contributed by atoms with van der Waals surface area (Å²) in [5.74, 6) is 1.80. The van der Waals surface area contributed by atoms with Crippen LogP contribution in [0, 0.1) is 0 Å². The van der Waals surface area contributed by atoms with Gasteiger partial charge in [-0.05, 0) is 32.9 Å². The Morgan fingerprint density at radius 3 is 2.57 bits per heavy atom. The van der Waals surface area contributed by atoms with Crippen molar-refractivity contribution >= 4 is 40.9 Å². The molecule has 0 radical (unpaired) electrons. The van der Waals surface area contributed by atoms with E-state index in [0.29, 0.717) is 0 Å². The monoisotopic (exact) mass is 401 g/mol. The second-order valence-corrected chi connectivity index (χ2v) is 5.87. The van der Waals surface area contributed by atoms with Gasteiger partial charge in [0.15, 0.2) is 5.96 Å². The maximum Gasteiger partial charge on any atom is 0.191 e. The fourth-order valence-corrected chi connectivity index (χ4v) is 2.00. The zero-order valence-corrected chi connectivity index (χ0v) is 15.4. The number of guanidine groups is 1. The summed E-state index contributed by atoms with van der Waals surface area (Å²) in [6, 6.07) is 10.2. The van der Waals surface area contributed by atoms with Crippen LogP contribution in [0.15, 0.2) is 39.7 Å². The van der Waals surface area contributed by atoms with Gasteiger partial charge in [0.25, 0.3) is 0 Å². The number of hydrogen-bond acceptors (Lipinski definition) is 2. The minimum atomic E-state index is 0. The van der Waals surface area contributed by atoms with Gasteiger partial charge in [-0.3, -0.25) is 4.99 Å². The van der Waals surface area contributed by atoms with E-state index in [2.05, 4.69) is 48.5 Å². The molecule has 0 spiro atoms. The number of nitrogens with zero attached hydrogens (tertiary/aromatic N) is 1. The summed E-state index contributed by atoms with van der Waals surface area (Å²) in [4.78, 5) is 4.21. The number of halogens is 1. The first-order valence-corrected chi connectivity index (χ1v) is 6.94. The van der Waals surface area contributed by atoms with E-state index in [-0.39, 0.29) is 29.5 Å². The molecule has 4 nitrogen and oxygen atoms in total. The van der Waals surface area contributed by atoms with Crippen LogP contribution in [-0.2, 0) is 6.42 Å². The van der Waals surface area contributed by atoms with Gasteiger partial charge in [-0.1, -0.05) is 18.2 Å². The fraction of sp³-hybridized carbons (Fsp3) is 0.438. The van der Waals surface area contributed by atoms with Gasteiger partial charge >= 0.3 is 0 Å². The molecule has 116 valence electrons. The van der Waals surface area contributed by atoms with E-state index < -0.39 is 0 Å². The maximum absolute atomic E-state index is 5.78. The van der Waals surface area contributed by atoms with Gasteiger partial charge in [0, 0.05) is 30.9 Å². The Hall–Kier alpha value is -1.24. The van der Waals surface area contributed by atoms with E-state index in [1.807, 2.05) is 18.2 Å². The molecule has 1 aromatic carbocycles. The minimum absolute atomic E-state index is 0. The number of furan rings is 1. The van der Waals surface area contributed by atoms with Gasteiger partial charge < -0.3 is 15.1 Å². The quantitative estimate of drug-likeness (QED) is 0.470. The zero-order valence-electron chi connectivity index (χ0n) is 13.1. The fourth-order valence-electron chi connectivity index (χ4n) is 2.00. The Labute approximate surface area is 143 Å². The summed E-state index contributed by atoms with van der Waals surface area (Å²) >= 11 is 0. The third kappa shape index (κ3) is 5.57. The van der Waals surface area contributed by atoms with Gasteiger partial charge in [-0.25, -0.2) is 0 Å². The molecule has 5 heteroatoms. The lowest BCUT2D eigenvalue weighted by atomic mass is 10.1. The number of benzene rings is 1. The van der Waals surface area contributed by atoms with Crippen molar-refractivity contribution in [2.24, 2.45) is 4.99 Å². The maximum atomic E-state index is 5.78. The second kappa shape index (κ2) is 7.68. The van der Waals surface area contributed by atoms with Gasteiger partial charge in [0.1, 0.15) is 11.3 Å². The molecule has 0 saturated carbocycles. The highest BCUT2D eigenvalue weighted by atomic mass is 127. The first-order valence-electron chi connectivity index (χ1n) is 6.94. The highest BCUT2D eigenvalue weighted by Crippen LogP contribution is 2.18. The average Bonchev–Trinajstić information content (AvgIpc) is 2.78. The van der Waals surface area contributed by atoms with E-state index in [9.17, 15) is 0 Å². The number of hydrogen-bond donors (Lipinski definition) is 2. The van der Waals surface area contributed by atoms with Crippen molar-refractivity contribution in [1.82, 2.24) is 10.6 Å². The molecular formula is C16H24IN3O. The largest absolute Gasteiger partial charge is 0.461 e. The Morgan fingerprint density at radius 2 is 1.95 bits per heavy atom. The van der Waals surface area contributed by atoms with Crippen LogP contribution < -0.4 is 10.6 Å². The first kappa shape index (κ1) is 17.8. The van der Waals surface area contributed by atoms with Gasteiger partial charge in [0.2, 0.25) is 0 Å². The molecule has 0 aliphatic heterocycles. The summed E-state index contributed by atoms with van der Waals surface area (Å²) in [6.07, 6.45) is 0.833. The van der Waals surface area contributed by atoms with Crippen LogP contribution in [0.5, 0.6) is 0 Å². The molecule has 0 amide bonds. The standard InChI is InChI=1S/C16H23N3O.HI/c1-16(2,3)19-15(17-4)18-10-9-13-11-12-7-5-6-8-14(12)20-13;/h5-8,11H,9-10H2,1-4H3,(H2,17,18,19);1H. The molecular weight excluding hydrogens is 377 g/mol. The van der Waals surface area contributed by atoms with Crippen molar-refractivity contribution in [1.29, 1.82) is 0 Å². The highest BCUT2D eigenvalue weighted by molar-refractivity contribution is 14.0. The van der Waals surface area contributed by atoms with Crippen molar-refractivity contribution in [2.75, 3.05) is 13.6 Å². The van der Waals surface area contributed by atoms with Gasteiger partial charge in [-0.2, -0.15) is 0 Å². The molecule has 2 rings (SSSR count). The van der Waals surface area contributed by atoms with Crippen molar-refractivity contribution < 1.29 is 4.42 Å². The van der Waals surface area contributed by atoms with E-state index >= 15 is 0 Å². The molecule has 1 aromatic heterocycles. The number of para-hydroxylation sites is 1. The van der Waals surface area contributed by atoms with Crippen LogP contribution in [0.4, 0.5) is 0 Å². The van der Waals surface area contributed by atoms with Crippen molar-refractivity contribution in [2.45, 2.75) is 32.7 Å². The SMILES string of the molecule is CN=C(NCCc1cc2ccccc2o1)NC(C)(C)C.I. The van der Waals surface area contributed by atoms with Crippen LogP contribution in [0.25, 0.3) is 11.0 Å². The summed E-state index contributed by atoms with van der Waals surface area (Å²) in [6.45, 7) is 7.12. The summed E-state index contributed by atoms with van der Waals surface area (Å²) in [5.41, 5.74) is 0.945.